The fourth-order valence-corrected chi connectivity index (χ4v) is 2.65. The molecule has 3 heteroatoms. The van der Waals surface area contributed by atoms with Gasteiger partial charge in [-0.1, -0.05) is 13.8 Å². The first-order valence-electron chi connectivity index (χ1n) is 8.08. The minimum Gasteiger partial charge on any atom is -0.381 e. The molecule has 1 heterocycles. The third-order valence-electron chi connectivity index (χ3n) is 4.17. The van der Waals surface area contributed by atoms with Gasteiger partial charge in [-0.05, 0) is 64.6 Å². The average molecular weight is 270 g/mol. The molecular weight excluding hydrogens is 236 g/mol. The lowest BCUT2D eigenvalue weighted by Crippen LogP contribution is -2.36. The average Bonchev–Trinajstić information content (AvgIpc) is 2.38. The van der Waals surface area contributed by atoms with E-state index in [1.54, 1.807) is 0 Å². The van der Waals surface area contributed by atoms with Gasteiger partial charge in [0, 0.05) is 25.8 Å². The van der Waals surface area contributed by atoms with Gasteiger partial charge in [0.15, 0.2) is 0 Å². The fraction of sp³-hybridized carbons (Fsp3) is 1.00. The zero-order valence-electron chi connectivity index (χ0n) is 13.5. The van der Waals surface area contributed by atoms with Crippen molar-refractivity contribution < 1.29 is 4.74 Å². The summed E-state index contributed by atoms with van der Waals surface area (Å²) >= 11 is 0. The molecule has 1 unspecified atom stereocenters. The number of hydrogen-bond acceptors (Lipinski definition) is 3. The van der Waals surface area contributed by atoms with Crippen molar-refractivity contribution in [1.29, 1.82) is 0 Å². The van der Waals surface area contributed by atoms with Crippen LogP contribution in [-0.4, -0.2) is 50.8 Å². The maximum Gasteiger partial charge on any atom is 0.0469 e. The van der Waals surface area contributed by atoms with E-state index in [-0.39, 0.29) is 0 Å². The Morgan fingerprint density at radius 2 is 1.89 bits per heavy atom. The Labute approximate surface area is 120 Å². The summed E-state index contributed by atoms with van der Waals surface area (Å²) in [7, 11) is 2.28. The second kappa shape index (κ2) is 9.73. The summed E-state index contributed by atoms with van der Waals surface area (Å²) in [5.74, 6) is 1.61. The molecule has 19 heavy (non-hydrogen) atoms. The van der Waals surface area contributed by atoms with Gasteiger partial charge in [0.1, 0.15) is 0 Å². The van der Waals surface area contributed by atoms with Crippen LogP contribution in [0.1, 0.15) is 46.5 Å². The van der Waals surface area contributed by atoms with Crippen LogP contribution >= 0.6 is 0 Å². The lowest BCUT2D eigenvalue weighted by Gasteiger charge is -2.31. The van der Waals surface area contributed by atoms with E-state index in [4.69, 9.17) is 4.74 Å². The quantitative estimate of drug-likeness (QED) is 0.652. The monoisotopic (exact) mass is 270 g/mol. The van der Waals surface area contributed by atoms with Crippen LogP contribution in [0.2, 0.25) is 0 Å². The molecule has 1 saturated heterocycles. The lowest BCUT2D eigenvalue weighted by atomic mass is 9.99. The van der Waals surface area contributed by atoms with Crippen molar-refractivity contribution in [3.63, 3.8) is 0 Å². The fourth-order valence-electron chi connectivity index (χ4n) is 2.65. The minimum absolute atomic E-state index is 0.698. The SMILES string of the molecule is CC(C)CNCCCC(C)N(C)CC1CCOCC1. The highest BCUT2D eigenvalue weighted by Crippen LogP contribution is 2.17. The molecule has 0 spiro atoms. The van der Waals surface area contributed by atoms with E-state index in [9.17, 15) is 0 Å². The van der Waals surface area contributed by atoms with E-state index in [2.05, 4.69) is 38.0 Å². The topological polar surface area (TPSA) is 24.5 Å². The molecular formula is C16H34N2O. The molecule has 0 radical (unpaired) electrons. The normalized spacial score (nSPS) is 19.3. The van der Waals surface area contributed by atoms with Crippen LogP contribution in [-0.2, 0) is 4.74 Å². The largest absolute Gasteiger partial charge is 0.381 e. The molecule has 0 aromatic heterocycles. The van der Waals surface area contributed by atoms with E-state index in [1.807, 2.05) is 0 Å². The third-order valence-corrected chi connectivity index (χ3v) is 4.17. The molecule has 1 N–H and O–H groups in total. The van der Waals surface area contributed by atoms with E-state index in [1.165, 1.54) is 32.2 Å². The van der Waals surface area contributed by atoms with Crippen LogP contribution in [0, 0.1) is 11.8 Å². The highest BCUT2D eigenvalue weighted by Gasteiger charge is 2.18. The third kappa shape index (κ3) is 7.91. The van der Waals surface area contributed by atoms with Crippen molar-refractivity contribution >= 4 is 0 Å². The Balaban J connectivity index is 2.05. The van der Waals surface area contributed by atoms with Crippen molar-refractivity contribution in [2.45, 2.75) is 52.5 Å². The Kier molecular flexibility index (Phi) is 8.67. The van der Waals surface area contributed by atoms with Crippen molar-refractivity contribution in [1.82, 2.24) is 10.2 Å². The van der Waals surface area contributed by atoms with Gasteiger partial charge in [-0.15, -0.1) is 0 Å². The maximum atomic E-state index is 5.43. The number of nitrogens with one attached hydrogen (secondary N) is 1. The molecule has 114 valence electrons. The molecule has 0 bridgehead atoms. The van der Waals surface area contributed by atoms with Gasteiger partial charge in [-0.3, -0.25) is 0 Å². The molecule has 0 aliphatic carbocycles. The number of hydrogen-bond donors (Lipinski definition) is 1. The van der Waals surface area contributed by atoms with Crippen molar-refractivity contribution in [2.75, 3.05) is 39.9 Å². The van der Waals surface area contributed by atoms with Crippen molar-refractivity contribution in [3.05, 3.63) is 0 Å². The van der Waals surface area contributed by atoms with Crippen molar-refractivity contribution in [3.8, 4) is 0 Å². The van der Waals surface area contributed by atoms with Crippen LogP contribution in [0.4, 0.5) is 0 Å². The summed E-state index contributed by atoms with van der Waals surface area (Å²) in [5, 5.41) is 3.53. The van der Waals surface area contributed by atoms with Gasteiger partial charge in [-0.25, -0.2) is 0 Å². The second-order valence-corrected chi connectivity index (χ2v) is 6.58. The minimum atomic E-state index is 0.698. The first-order valence-corrected chi connectivity index (χ1v) is 8.08. The summed E-state index contributed by atoms with van der Waals surface area (Å²) in [6.07, 6.45) is 5.07. The van der Waals surface area contributed by atoms with Crippen molar-refractivity contribution in [2.24, 2.45) is 11.8 Å². The maximum absolute atomic E-state index is 5.43. The number of nitrogens with zero attached hydrogens (tertiary/aromatic N) is 1. The second-order valence-electron chi connectivity index (χ2n) is 6.58. The molecule has 3 nitrogen and oxygen atoms in total. The van der Waals surface area contributed by atoms with Crippen LogP contribution in [0.15, 0.2) is 0 Å². The highest BCUT2D eigenvalue weighted by atomic mass is 16.5. The summed E-state index contributed by atoms with van der Waals surface area (Å²) in [6.45, 7) is 12.4. The van der Waals surface area contributed by atoms with E-state index < -0.39 is 0 Å². The predicted octanol–water partition coefficient (Wildman–Crippen LogP) is 2.76. The molecule has 1 aliphatic rings. The molecule has 1 fully saturated rings. The number of rotatable bonds is 9. The molecule has 0 amide bonds. The van der Waals surface area contributed by atoms with Crippen LogP contribution in [0.5, 0.6) is 0 Å². The van der Waals surface area contributed by atoms with E-state index >= 15 is 0 Å². The van der Waals surface area contributed by atoms with Gasteiger partial charge in [0.25, 0.3) is 0 Å². The Hall–Kier alpha value is -0.120. The first-order chi connectivity index (χ1) is 9.09. The van der Waals surface area contributed by atoms with E-state index in [0.717, 1.165) is 38.1 Å². The Morgan fingerprint density at radius 3 is 2.53 bits per heavy atom. The smallest absolute Gasteiger partial charge is 0.0469 e. The van der Waals surface area contributed by atoms with Gasteiger partial charge >= 0.3 is 0 Å². The Morgan fingerprint density at radius 1 is 1.21 bits per heavy atom. The van der Waals surface area contributed by atoms with Gasteiger partial charge in [-0.2, -0.15) is 0 Å². The zero-order valence-corrected chi connectivity index (χ0v) is 13.5. The summed E-state index contributed by atoms with van der Waals surface area (Å²) in [5.41, 5.74) is 0. The first kappa shape index (κ1) is 16.9. The summed E-state index contributed by atoms with van der Waals surface area (Å²) < 4.78 is 5.43. The molecule has 1 atom stereocenters. The summed E-state index contributed by atoms with van der Waals surface area (Å²) in [6, 6.07) is 0.698. The predicted molar refractivity (Wildman–Crippen MR) is 82.6 cm³/mol. The standard InChI is InChI=1S/C16H34N2O/c1-14(2)12-17-9-5-6-15(3)18(4)13-16-7-10-19-11-8-16/h14-17H,5-13H2,1-4H3. The molecule has 0 saturated carbocycles. The number of ether oxygens (including phenoxy) is 1. The van der Waals surface area contributed by atoms with E-state index in [0.29, 0.717) is 6.04 Å². The molecule has 1 rings (SSSR count). The molecule has 0 aromatic rings. The highest BCUT2D eigenvalue weighted by molar-refractivity contribution is 4.71. The molecule has 0 aromatic carbocycles. The summed E-state index contributed by atoms with van der Waals surface area (Å²) in [4.78, 5) is 2.54. The van der Waals surface area contributed by atoms with Gasteiger partial charge < -0.3 is 15.0 Å². The Bertz CT molecular complexity index is 215. The van der Waals surface area contributed by atoms with Crippen LogP contribution < -0.4 is 5.32 Å². The van der Waals surface area contributed by atoms with Gasteiger partial charge in [0.2, 0.25) is 0 Å². The molecule has 1 aliphatic heterocycles. The zero-order chi connectivity index (χ0) is 14.1. The lowest BCUT2D eigenvalue weighted by molar-refractivity contribution is 0.0507. The van der Waals surface area contributed by atoms with Crippen LogP contribution in [0.25, 0.3) is 0 Å². The van der Waals surface area contributed by atoms with Crippen LogP contribution in [0.3, 0.4) is 0 Å². The van der Waals surface area contributed by atoms with Gasteiger partial charge in [0.05, 0.1) is 0 Å².